The standard InChI is InChI=1S/C18H22F6INO8S2/c1-2-3-4-5-6-7-8-16(33-35(29,30)17(19,20)21)13-25(34-36(31,32)18(22,23)24)14-9-11-15(12-10-14)26(27)28/h9-13H,2-8H2,1H3/b16-13+. The van der Waals surface area contributed by atoms with Gasteiger partial charge in [-0.25, -0.2) is 0 Å². The predicted molar refractivity (Wildman–Crippen MR) is 124 cm³/mol. The molecule has 36 heavy (non-hydrogen) atoms. The number of nitro groups is 1. The topological polar surface area (TPSA) is 130 Å². The maximum absolute atomic E-state index is 12.9. The number of halogens is 7. The van der Waals surface area contributed by atoms with Crippen LogP contribution in [0.25, 0.3) is 0 Å². The second-order valence-electron chi connectivity index (χ2n) is 7.05. The van der Waals surface area contributed by atoms with Crippen molar-refractivity contribution in [2.24, 2.45) is 0 Å². The molecule has 0 saturated heterocycles. The van der Waals surface area contributed by atoms with Crippen LogP contribution in [-0.4, -0.2) is 32.8 Å². The number of nitro benzene ring substituents is 1. The SMILES string of the molecule is CCCCCCCC/C(=C\I(OS(=O)(=O)C(F)(F)F)c1ccc([N+](=O)[O-])cc1)OS(=O)(=O)C(F)(F)F. The number of allylic oxidation sites excluding steroid dienone is 1. The van der Waals surface area contributed by atoms with Crippen LogP contribution in [0.2, 0.25) is 0 Å². The molecule has 0 bridgehead atoms. The number of rotatable bonds is 14. The molecular weight excluding hydrogens is 663 g/mol. The number of non-ortho nitro benzene ring substituents is 1. The van der Waals surface area contributed by atoms with Crippen molar-refractivity contribution in [2.45, 2.75) is 62.9 Å². The van der Waals surface area contributed by atoms with E-state index in [1.165, 1.54) is 0 Å². The average Bonchev–Trinajstić information content (AvgIpc) is 2.73. The summed E-state index contributed by atoms with van der Waals surface area (Å²) in [5.74, 6) is -0.941. The van der Waals surface area contributed by atoms with Crippen LogP contribution in [0.15, 0.2) is 34.1 Å². The Kier molecular flexibility index (Phi) is 11.9. The normalized spacial score (nSPS) is 14.0. The van der Waals surface area contributed by atoms with Crippen molar-refractivity contribution >= 4 is 46.2 Å². The summed E-state index contributed by atoms with van der Waals surface area (Å²) in [6.07, 6.45) is 3.21. The number of nitrogens with zero attached hydrogens (tertiary/aromatic N) is 1. The van der Waals surface area contributed by atoms with Crippen LogP contribution in [-0.2, 0) is 26.9 Å². The molecule has 0 atom stereocenters. The maximum atomic E-state index is 12.9. The van der Waals surface area contributed by atoms with Gasteiger partial charge in [-0.3, -0.25) is 0 Å². The minimum atomic E-state index is -6.26. The minimum absolute atomic E-state index is 0.0825. The van der Waals surface area contributed by atoms with E-state index < -0.39 is 74.3 Å². The zero-order valence-corrected chi connectivity index (χ0v) is 22.3. The summed E-state index contributed by atoms with van der Waals surface area (Å²) in [6.45, 7) is 1.94. The van der Waals surface area contributed by atoms with E-state index in [2.05, 4.69) is 6.70 Å². The predicted octanol–water partition coefficient (Wildman–Crippen LogP) is 6.51. The van der Waals surface area contributed by atoms with E-state index in [0.717, 1.165) is 43.5 Å². The number of hydrogen-bond donors (Lipinski definition) is 0. The molecule has 0 aromatic heterocycles. The first-order valence-corrected chi connectivity index (χ1v) is 16.1. The Morgan fingerprint density at radius 1 is 0.917 bits per heavy atom. The van der Waals surface area contributed by atoms with Gasteiger partial charge in [0.05, 0.1) is 0 Å². The molecule has 0 radical (unpaired) electrons. The van der Waals surface area contributed by atoms with E-state index in [1.807, 2.05) is 6.92 Å². The zero-order valence-electron chi connectivity index (χ0n) is 18.5. The number of hydrogen-bond acceptors (Lipinski definition) is 8. The molecule has 0 aliphatic heterocycles. The summed E-state index contributed by atoms with van der Waals surface area (Å²) in [6, 6.07) is 3.37. The second-order valence-corrected chi connectivity index (χ2v) is 14.6. The summed E-state index contributed by atoms with van der Waals surface area (Å²) in [5, 5.41) is 10.8. The molecule has 0 heterocycles. The number of benzene rings is 1. The molecular formula is C18H22F6INO8S2. The van der Waals surface area contributed by atoms with Crippen LogP contribution < -0.4 is 0 Å². The van der Waals surface area contributed by atoms with Gasteiger partial charge in [0.25, 0.3) is 0 Å². The molecule has 1 aromatic rings. The van der Waals surface area contributed by atoms with Crippen LogP contribution in [0, 0.1) is 13.7 Å². The van der Waals surface area contributed by atoms with Crippen LogP contribution in [0.1, 0.15) is 51.9 Å². The van der Waals surface area contributed by atoms with Gasteiger partial charge in [-0.2, -0.15) is 0 Å². The van der Waals surface area contributed by atoms with E-state index in [1.54, 1.807) is 0 Å². The molecule has 0 aliphatic rings. The van der Waals surface area contributed by atoms with Crippen molar-refractivity contribution in [3.05, 3.63) is 47.8 Å². The van der Waals surface area contributed by atoms with Gasteiger partial charge in [0.2, 0.25) is 0 Å². The first-order chi connectivity index (χ1) is 16.4. The monoisotopic (exact) mass is 685 g/mol. The summed E-state index contributed by atoms with van der Waals surface area (Å²) >= 11 is -4.32. The van der Waals surface area contributed by atoms with Gasteiger partial charge in [-0.05, 0) is 0 Å². The fourth-order valence-corrected chi connectivity index (χ4v) is 9.04. The van der Waals surface area contributed by atoms with Gasteiger partial charge in [-0.1, -0.05) is 0 Å². The third kappa shape index (κ3) is 10.0. The third-order valence-corrected chi connectivity index (χ3v) is 11.8. The molecule has 0 fully saturated rings. The van der Waals surface area contributed by atoms with Crippen LogP contribution in [0.3, 0.4) is 0 Å². The second kappa shape index (κ2) is 13.2. The fraction of sp³-hybridized carbons (Fsp3) is 0.556. The molecule has 0 N–H and O–H groups in total. The summed E-state index contributed by atoms with van der Waals surface area (Å²) in [5.41, 5.74) is -12.3. The van der Waals surface area contributed by atoms with Crippen molar-refractivity contribution in [1.82, 2.24) is 0 Å². The molecule has 0 aliphatic carbocycles. The first kappa shape index (κ1) is 32.4. The number of alkyl halides is 6. The molecule has 1 aromatic carbocycles. The average molecular weight is 685 g/mol. The Morgan fingerprint density at radius 3 is 1.89 bits per heavy atom. The van der Waals surface area contributed by atoms with E-state index >= 15 is 0 Å². The molecule has 208 valence electrons. The van der Waals surface area contributed by atoms with Crippen molar-refractivity contribution in [2.75, 3.05) is 0 Å². The van der Waals surface area contributed by atoms with Gasteiger partial charge in [-0.15, -0.1) is 0 Å². The van der Waals surface area contributed by atoms with Crippen LogP contribution in [0.4, 0.5) is 32.0 Å². The molecule has 18 heteroatoms. The Balaban J connectivity index is 3.45. The van der Waals surface area contributed by atoms with Crippen molar-refractivity contribution < 1.29 is 54.8 Å². The van der Waals surface area contributed by atoms with Crippen LogP contribution in [0.5, 0.6) is 0 Å². The molecule has 0 spiro atoms. The van der Waals surface area contributed by atoms with E-state index in [9.17, 15) is 53.3 Å². The molecule has 1 rings (SSSR count). The molecule has 0 saturated carbocycles. The Hall–Kier alpha value is -1.67. The van der Waals surface area contributed by atoms with Crippen molar-refractivity contribution in [3.8, 4) is 0 Å². The molecule has 9 nitrogen and oxygen atoms in total. The zero-order chi connectivity index (χ0) is 27.8. The molecule has 0 amide bonds. The van der Waals surface area contributed by atoms with Gasteiger partial charge in [0.15, 0.2) is 0 Å². The van der Waals surface area contributed by atoms with E-state index in [0.29, 0.717) is 16.9 Å². The van der Waals surface area contributed by atoms with E-state index in [-0.39, 0.29) is 9.99 Å². The third-order valence-electron chi connectivity index (χ3n) is 4.18. The Labute approximate surface area is 211 Å². The number of unbranched alkanes of at least 4 members (excludes halogenated alkanes) is 5. The van der Waals surface area contributed by atoms with Crippen LogP contribution >= 0.6 is 20.2 Å². The first-order valence-electron chi connectivity index (χ1n) is 10.1. The Bertz CT molecular complexity index is 1120. The van der Waals surface area contributed by atoms with Crippen molar-refractivity contribution in [1.29, 1.82) is 0 Å². The fourth-order valence-electron chi connectivity index (χ4n) is 2.42. The Morgan fingerprint density at radius 2 is 1.42 bits per heavy atom. The summed E-state index contributed by atoms with van der Waals surface area (Å²) < 4.78 is 132. The summed E-state index contributed by atoms with van der Waals surface area (Å²) in [4.78, 5) is 9.97. The summed E-state index contributed by atoms with van der Waals surface area (Å²) in [7, 11) is -12.5. The van der Waals surface area contributed by atoms with Crippen molar-refractivity contribution in [3.63, 3.8) is 0 Å². The quantitative estimate of drug-likeness (QED) is 0.0317. The molecule has 0 unspecified atom stereocenters. The van der Waals surface area contributed by atoms with Gasteiger partial charge in [0, 0.05) is 0 Å². The van der Waals surface area contributed by atoms with Gasteiger partial charge in [0.1, 0.15) is 0 Å². The van der Waals surface area contributed by atoms with Gasteiger partial charge >= 0.3 is 212 Å². The van der Waals surface area contributed by atoms with E-state index in [4.69, 9.17) is 0 Å². The van der Waals surface area contributed by atoms with Gasteiger partial charge < -0.3 is 0 Å².